The average Bonchev–Trinajstić information content (AvgIpc) is 2.91. The number of piperidine rings is 1. The minimum atomic E-state index is -0.605. The lowest BCUT2D eigenvalue weighted by Crippen LogP contribution is -2.51. The number of β-amino-alcohol motifs (C(OH)–C–C–N with tert-alkyl or cyclic N) is 1. The van der Waals surface area contributed by atoms with Crippen LogP contribution in [0, 0.1) is 0 Å². The highest BCUT2D eigenvalue weighted by Gasteiger charge is 2.46. The van der Waals surface area contributed by atoms with Crippen LogP contribution in [0.25, 0.3) is 5.76 Å². The molecule has 1 spiro atoms. The summed E-state index contributed by atoms with van der Waals surface area (Å²) in [6.07, 6.45) is 0.935. The van der Waals surface area contributed by atoms with Crippen LogP contribution >= 0.6 is 11.8 Å². The molecule has 0 unspecified atom stereocenters. The van der Waals surface area contributed by atoms with E-state index in [-0.39, 0.29) is 12.0 Å². The van der Waals surface area contributed by atoms with Gasteiger partial charge in [-0.05, 0) is 41.3 Å². The van der Waals surface area contributed by atoms with Gasteiger partial charge >= 0.3 is 0 Å². The van der Waals surface area contributed by atoms with E-state index in [4.69, 9.17) is 14.2 Å². The molecule has 0 bridgehead atoms. The molecule has 38 heavy (non-hydrogen) atoms. The van der Waals surface area contributed by atoms with Crippen molar-refractivity contribution in [2.75, 3.05) is 39.1 Å². The Labute approximate surface area is 228 Å². The number of ether oxygens (including phenoxy) is 3. The lowest BCUT2D eigenvalue weighted by molar-refractivity contribution is -0.111. The Kier molecular flexibility index (Phi) is 7.33. The molecule has 0 aromatic heterocycles. The number of hydrogen-bond donors (Lipinski definition) is 1. The van der Waals surface area contributed by atoms with Crippen molar-refractivity contribution >= 4 is 29.1 Å². The highest BCUT2D eigenvalue weighted by Crippen LogP contribution is 2.47. The van der Waals surface area contributed by atoms with E-state index in [1.165, 1.54) is 24.4 Å². The van der Waals surface area contributed by atoms with Gasteiger partial charge in [-0.3, -0.25) is 9.59 Å². The van der Waals surface area contributed by atoms with E-state index in [0.717, 1.165) is 31.7 Å². The number of ketones is 2. The fraction of sp³-hybridized carbons (Fsp3) is 0.467. The highest BCUT2D eigenvalue weighted by atomic mass is 32.2. The number of thioether (sulfide) groups is 1. The number of nitrogens with zero attached hydrogens (tertiary/aromatic N) is 1. The second-order valence-electron chi connectivity index (χ2n) is 11.3. The molecule has 0 radical (unpaired) electrons. The maximum absolute atomic E-state index is 12.8. The predicted molar refractivity (Wildman–Crippen MR) is 148 cm³/mol. The van der Waals surface area contributed by atoms with Crippen molar-refractivity contribution in [2.45, 2.75) is 50.7 Å². The van der Waals surface area contributed by atoms with Gasteiger partial charge in [-0.25, -0.2) is 0 Å². The van der Waals surface area contributed by atoms with E-state index in [2.05, 4.69) is 37.8 Å². The molecule has 2 aliphatic heterocycles. The van der Waals surface area contributed by atoms with Crippen LogP contribution < -0.4 is 9.47 Å². The van der Waals surface area contributed by atoms with Gasteiger partial charge in [0, 0.05) is 49.4 Å². The van der Waals surface area contributed by atoms with E-state index in [1.807, 2.05) is 12.1 Å². The zero-order valence-electron chi connectivity index (χ0n) is 22.4. The molecule has 202 valence electrons. The number of allylic oxidation sites excluding steroid dienone is 1. The molecule has 2 aromatic carbocycles. The average molecular weight is 538 g/mol. The molecule has 2 heterocycles. The Morgan fingerprint density at radius 1 is 1.03 bits per heavy atom. The molecule has 7 nitrogen and oxygen atoms in total. The third-order valence-electron chi connectivity index (χ3n) is 7.53. The summed E-state index contributed by atoms with van der Waals surface area (Å²) in [4.78, 5) is 28.1. The van der Waals surface area contributed by atoms with Crippen LogP contribution in [0.5, 0.6) is 11.5 Å². The quantitative estimate of drug-likeness (QED) is 0.541. The second kappa shape index (κ2) is 10.4. The lowest BCUT2D eigenvalue weighted by Gasteiger charge is -2.45. The van der Waals surface area contributed by atoms with Crippen LogP contribution in [0.1, 0.15) is 55.1 Å². The van der Waals surface area contributed by atoms with Gasteiger partial charge in [0.05, 0.1) is 7.11 Å². The SMILES string of the molecule is COc1ccc2c(c1)C(=O)C(=O)C1=C2OC2(CCN(C[C@@H](O)COc3ccc(C(C)(C)C)cc3)CC2)CS1. The monoisotopic (exact) mass is 537 g/mol. The van der Waals surface area contributed by atoms with Crippen LogP contribution in [0.3, 0.4) is 0 Å². The normalized spacial score (nSPS) is 20.0. The Balaban J connectivity index is 1.17. The fourth-order valence-electron chi connectivity index (χ4n) is 5.15. The molecule has 1 atom stereocenters. The number of aliphatic hydroxyl groups is 1. The van der Waals surface area contributed by atoms with E-state index in [1.54, 1.807) is 18.2 Å². The van der Waals surface area contributed by atoms with Crippen molar-refractivity contribution in [3.05, 3.63) is 64.1 Å². The van der Waals surface area contributed by atoms with E-state index >= 15 is 0 Å². The number of carbonyl (C=O) groups excluding carboxylic acids is 2. The van der Waals surface area contributed by atoms with Crippen molar-refractivity contribution in [3.63, 3.8) is 0 Å². The minimum absolute atomic E-state index is 0.0865. The summed E-state index contributed by atoms with van der Waals surface area (Å²) in [5.74, 6) is 1.41. The number of fused-ring (bicyclic) bond motifs is 2. The number of carbonyl (C=O) groups is 2. The largest absolute Gasteiger partial charge is 0.497 e. The number of methoxy groups -OCH3 is 1. The standard InChI is InChI=1S/C30H35NO6S/c1-29(2,3)19-5-7-21(8-6-19)36-17-20(32)16-31-13-11-30(12-14-31)18-38-28-26(34)25(33)24-15-22(35-4)9-10-23(24)27(28)37-30/h5-10,15,20,32H,11-14,16-18H2,1-4H3/t20-/m1/s1. The number of likely N-dealkylation sites (tertiary alicyclic amines) is 1. The molecule has 0 saturated carbocycles. The van der Waals surface area contributed by atoms with E-state index in [0.29, 0.717) is 39.8 Å². The van der Waals surface area contributed by atoms with Gasteiger partial charge in [-0.15, -0.1) is 11.8 Å². The van der Waals surface area contributed by atoms with E-state index in [9.17, 15) is 14.7 Å². The van der Waals surface area contributed by atoms with Crippen molar-refractivity contribution < 1.29 is 28.9 Å². The maximum Gasteiger partial charge on any atom is 0.243 e. The second-order valence-corrected chi connectivity index (χ2v) is 12.3. The zero-order valence-corrected chi connectivity index (χ0v) is 23.2. The zero-order chi connectivity index (χ0) is 27.1. The number of Topliss-reactive ketones (excluding diaryl/α,β-unsaturated/α-hetero) is 2. The Morgan fingerprint density at radius 2 is 1.71 bits per heavy atom. The molecule has 3 aliphatic rings. The molecule has 8 heteroatoms. The Hall–Kier alpha value is -2.81. The summed E-state index contributed by atoms with van der Waals surface area (Å²) in [6.45, 7) is 8.81. The number of rotatable bonds is 6. The first-order chi connectivity index (χ1) is 18.1. The molecule has 5 rings (SSSR count). The molecular formula is C30H35NO6S. The Bertz CT molecular complexity index is 1250. The molecule has 0 amide bonds. The fourth-order valence-corrected chi connectivity index (χ4v) is 6.41. The van der Waals surface area contributed by atoms with Gasteiger partial charge < -0.3 is 24.2 Å². The summed E-state index contributed by atoms with van der Waals surface area (Å²) < 4.78 is 17.6. The van der Waals surface area contributed by atoms with Gasteiger partial charge in [0.2, 0.25) is 11.6 Å². The molecule has 1 N–H and O–H groups in total. The van der Waals surface area contributed by atoms with Crippen LogP contribution in [0.4, 0.5) is 0 Å². The first-order valence-electron chi connectivity index (χ1n) is 13.1. The topological polar surface area (TPSA) is 85.3 Å². The van der Waals surface area contributed by atoms with Crippen molar-refractivity contribution in [1.82, 2.24) is 4.90 Å². The van der Waals surface area contributed by atoms with Gasteiger partial charge in [0.15, 0.2) is 0 Å². The van der Waals surface area contributed by atoms with Crippen molar-refractivity contribution in [1.29, 1.82) is 0 Å². The molecule has 2 aromatic rings. The summed E-state index contributed by atoms with van der Waals surface area (Å²) in [7, 11) is 1.53. The van der Waals surface area contributed by atoms with Crippen molar-refractivity contribution in [3.8, 4) is 11.5 Å². The summed E-state index contributed by atoms with van der Waals surface area (Å²) in [6, 6.07) is 13.2. The number of aliphatic hydroxyl groups excluding tert-OH is 1. The van der Waals surface area contributed by atoms with E-state index < -0.39 is 23.3 Å². The highest BCUT2D eigenvalue weighted by molar-refractivity contribution is 8.04. The maximum atomic E-state index is 12.8. The van der Waals surface area contributed by atoms with Gasteiger partial charge in [-0.2, -0.15) is 0 Å². The molecule has 1 saturated heterocycles. The van der Waals surface area contributed by atoms with Gasteiger partial charge in [-0.1, -0.05) is 32.9 Å². The number of benzene rings is 2. The van der Waals surface area contributed by atoms with Crippen LogP contribution in [-0.2, 0) is 14.9 Å². The van der Waals surface area contributed by atoms with Crippen LogP contribution in [0.15, 0.2) is 47.4 Å². The van der Waals surface area contributed by atoms with Crippen molar-refractivity contribution in [2.24, 2.45) is 0 Å². The molecule has 1 aliphatic carbocycles. The third-order valence-corrected chi connectivity index (χ3v) is 8.86. The third kappa shape index (κ3) is 5.35. The molecular weight excluding hydrogens is 502 g/mol. The summed E-state index contributed by atoms with van der Waals surface area (Å²) in [5, 5.41) is 10.6. The summed E-state index contributed by atoms with van der Waals surface area (Å²) in [5.41, 5.74) is 1.91. The van der Waals surface area contributed by atoms with Gasteiger partial charge in [0.1, 0.15) is 40.5 Å². The lowest BCUT2D eigenvalue weighted by atomic mass is 9.87. The predicted octanol–water partition coefficient (Wildman–Crippen LogP) is 4.46. The first-order valence-corrected chi connectivity index (χ1v) is 14.0. The van der Waals surface area contributed by atoms with Crippen LogP contribution in [0.2, 0.25) is 0 Å². The van der Waals surface area contributed by atoms with Crippen LogP contribution in [-0.4, -0.2) is 72.4 Å². The minimum Gasteiger partial charge on any atom is -0.497 e. The number of hydrogen-bond acceptors (Lipinski definition) is 8. The molecule has 1 fully saturated rings. The smallest absolute Gasteiger partial charge is 0.243 e. The first kappa shape index (κ1) is 26.8. The summed E-state index contributed by atoms with van der Waals surface area (Å²) >= 11 is 1.43. The van der Waals surface area contributed by atoms with Gasteiger partial charge in [0.25, 0.3) is 0 Å². The Morgan fingerprint density at radius 3 is 2.37 bits per heavy atom.